The number of benzene rings is 1. The second-order valence-electron chi connectivity index (χ2n) is 8.37. The molecule has 2 fully saturated rings. The number of halogens is 1. The minimum Gasteiger partial charge on any atom is -0.389 e. The van der Waals surface area contributed by atoms with Crippen LogP contribution in [0.15, 0.2) is 42.9 Å². The summed E-state index contributed by atoms with van der Waals surface area (Å²) in [6, 6.07) is 8.24. The topological polar surface area (TPSA) is 96.8 Å². The Balaban J connectivity index is 1.34. The average molecular weight is 445 g/mol. The molecular formula is C23H29FN4O4. The largest absolute Gasteiger partial charge is 0.389 e. The molecular weight excluding hydrogens is 415 g/mol. The quantitative estimate of drug-likeness (QED) is 0.696. The first-order chi connectivity index (χ1) is 15.6. The van der Waals surface area contributed by atoms with Gasteiger partial charge in [0.1, 0.15) is 12.1 Å². The van der Waals surface area contributed by atoms with E-state index < -0.39 is 6.10 Å². The minimum atomic E-state index is -0.596. The standard InChI is InChI=1S/C23H29FN4O4/c24-17-3-1-16(2-4-17)11-28-12-19(29)13-31-14-22-21(28)6-5-20(32-22)9-23(30)26-10-18-7-8-25-15-27-18/h1-4,7-8,15,19-22,29H,5-6,9-14H2,(H,26,30)/t19-,20+,21-,22+/m0/s1. The molecule has 2 aliphatic heterocycles. The first kappa shape index (κ1) is 22.7. The highest BCUT2D eigenvalue weighted by atomic mass is 19.1. The summed E-state index contributed by atoms with van der Waals surface area (Å²) in [5, 5.41) is 13.2. The Morgan fingerprint density at radius 1 is 1.22 bits per heavy atom. The zero-order chi connectivity index (χ0) is 22.3. The third-order valence-corrected chi connectivity index (χ3v) is 5.91. The van der Waals surface area contributed by atoms with Crippen molar-refractivity contribution in [3.05, 3.63) is 59.9 Å². The number of aromatic nitrogens is 2. The predicted molar refractivity (Wildman–Crippen MR) is 114 cm³/mol. The Labute approximate surface area is 186 Å². The van der Waals surface area contributed by atoms with Crippen molar-refractivity contribution in [2.45, 2.75) is 56.7 Å². The number of carbonyl (C=O) groups excluding carboxylic acids is 1. The van der Waals surface area contributed by atoms with E-state index in [9.17, 15) is 14.3 Å². The van der Waals surface area contributed by atoms with Crippen LogP contribution in [0.5, 0.6) is 0 Å². The van der Waals surface area contributed by atoms with Gasteiger partial charge in [0.15, 0.2) is 0 Å². The number of β-amino-alcohol motifs (C(OH)–C–C–N with tert-alkyl or cyclic N) is 1. The molecule has 1 aromatic carbocycles. The highest BCUT2D eigenvalue weighted by molar-refractivity contribution is 5.76. The smallest absolute Gasteiger partial charge is 0.222 e. The summed E-state index contributed by atoms with van der Waals surface area (Å²) >= 11 is 0. The van der Waals surface area contributed by atoms with Gasteiger partial charge in [0.2, 0.25) is 5.91 Å². The maximum Gasteiger partial charge on any atom is 0.222 e. The molecule has 8 nitrogen and oxygen atoms in total. The van der Waals surface area contributed by atoms with Gasteiger partial charge in [0, 0.05) is 25.3 Å². The van der Waals surface area contributed by atoms with E-state index in [-0.39, 0.29) is 43.0 Å². The van der Waals surface area contributed by atoms with Crippen LogP contribution in [0.25, 0.3) is 0 Å². The van der Waals surface area contributed by atoms with Gasteiger partial charge in [-0.05, 0) is 36.6 Å². The molecule has 0 bridgehead atoms. The number of hydrogen-bond donors (Lipinski definition) is 2. The van der Waals surface area contributed by atoms with E-state index in [1.54, 1.807) is 24.4 Å². The molecule has 32 heavy (non-hydrogen) atoms. The average Bonchev–Trinajstić information content (AvgIpc) is 2.79. The number of amides is 1. The fourth-order valence-electron chi connectivity index (χ4n) is 4.34. The zero-order valence-corrected chi connectivity index (χ0v) is 17.9. The number of fused-ring (bicyclic) bond motifs is 1. The third kappa shape index (κ3) is 6.29. The third-order valence-electron chi connectivity index (χ3n) is 5.91. The number of nitrogens with zero attached hydrogens (tertiary/aromatic N) is 3. The van der Waals surface area contributed by atoms with E-state index in [1.807, 2.05) is 0 Å². The van der Waals surface area contributed by atoms with E-state index in [0.717, 1.165) is 24.1 Å². The first-order valence-corrected chi connectivity index (χ1v) is 11.0. The number of ether oxygens (including phenoxy) is 2. The molecule has 2 saturated heterocycles. The summed E-state index contributed by atoms with van der Waals surface area (Å²) in [4.78, 5) is 22.6. The maximum absolute atomic E-state index is 13.3. The highest BCUT2D eigenvalue weighted by Crippen LogP contribution is 2.28. The van der Waals surface area contributed by atoms with Crippen molar-refractivity contribution in [1.82, 2.24) is 20.2 Å². The van der Waals surface area contributed by atoms with Crippen LogP contribution in [0.1, 0.15) is 30.5 Å². The molecule has 0 aliphatic carbocycles. The fourth-order valence-corrected chi connectivity index (χ4v) is 4.34. The number of hydrogen-bond acceptors (Lipinski definition) is 7. The summed E-state index contributed by atoms with van der Waals surface area (Å²) in [5.41, 5.74) is 1.73. The maximum atomic E-state index is 13.3. The van der Waals surface area contributed by atoms with Crippen LogP contribution in [-0.2, 0) is 27.4 Å². The summed E-state index contributed by atoms with van der Waals surface area (Å²) in [7, 11) is 0. The second kappa shape index (κ2) is 10.9. The first-order valence-electron chi connectivity index (χ1n) is 11.0. The van der Waals surface area contributed by atoms with Gasteiger partial charge >= 0.3 is 0 Å². The summed E-state index contributed by atoms with van der Waals surface area (Å²) in [5.74, 6) is -0.355. The molecule has 1 amide bonds. The lowest BCUT2D eigenvalue weighted by Gasteiger charge is -2.44. The van der Waals surface area contributed by atoms with Gasteiger partial charge in [-0.1, -0.05) is 12.1 Å². The number of rotatable bonds is 6. The van der Waals surface area contributed by atoms with Crippen molar-refractivity contribution in [3.63, 3.8) is 0 Å². The van der Waals surface area contributed by atoms with Crippen LogP contribution in [0.3, 0.4) is 0 Å². The zero-order valence-electron chi connectivity index (χ0n) is 17.9. The monoisotopic (exact) mass is 444 g/mol. The lowest BCUT2D eigenvalue weighted by Crippen LogP contribution is -2.55. The molecule has 0 saturated carbocycles. The summed E-state index contributed by atoms with van der Waals surface area (Å²) < 4.78 is 25.2. The van der Waals surface area contributed by atoms with Crippen LogP contribution >= 0.6 is 0 Å². The van der Waals surface area contributed by atoms with Crippen molar-refractivity contribution in [2.24, 2.45) is 0 Å². The van der Waals surface area contributed by atoms with Crippen molar-refractivity contribution >= 4 is 5.91 Å². The molecule has 4 rings (SSSR count). The van der Waals surface area contributed by atoms with Crippen LogP contribution in [0, 0.1) is 5.82 Å². The van der Waals surface area contributed by atoms with Crippen molar-refractivity contribution in [1.29, 1.82) is 0 Å². The number of nitrogens with one attached hydrogen (secondary N) is 1. The van der Waals surface area contributed by atoms with Crippen LogP contribution in [0.2, 0.25) is 0 Å². The van der Waals surface area contributed by atoms with Gasteiger partial charge in [-0.2, -0.15) is 0 Å². The van der Waals surface area contributed by atoms with Gasteiger partial charge in [-0.15, -0.1) is 0 Å². The molecule has 3 heterocycles. The van der Waals surface area contributed by atoms with Gasteiger partial charge in [-0.3, -0.25) is 9.69 Å². The van der Waals surface area contributed by atoms with Crippen molar-refractivity contribution in [2.75, 3.05) is 19.8 Å². The van der Waals surface area contributed by atoms with Gasteiger partial charge < -0.3 is 19.9 Å². The highest BCUT2D eigenvalue weighted by Gasteiger charge is 2.38. The van der Waals surface area contributed by atoms with Crippen molar-refractivity contribution < 1.29 is 23.8 Å². The molecule has 172 valence electrons. The van der Waals surface area contributed by atoms with E-state index >= 15 is 0 Å². The molecule has 2 N–H and O–H groups in total. The number of aliphatic hydroxyl groups excluding tert-OH is 1. The molecule has 2 aliphatic rings. The number of carbonyl (C=O) groups is 1. The Morgan fingerprint density at radius 2 is 2.06 bits per heavy atom. The molecule has 4 atom stereocenters. The van der Waals surface area contributed by atoms with Crippen molar-refractivity contribution in [3.8, 4) is 0 Å². The molecule has 1 aromatic heterocycles. The van der Waals surface area contributed by atoms with E-state index in [0.29, 0.717) is 26.2 Å². The summed E-state index contributed by atoms with van der Waals surface area (Å²) in [6.45, 7) is 1.99. The Bertz CT molecular complexity index is 870. The molecule has 2 aromatic rings. The lowest BCUT2D eigenvalue weighted by molar-refractivity contribution is -0.158. The van der Waals surface area contributed by atoms with E-state index in [4.69, 9.17) is 9.47 Å². The SMILES string of the molecule is O=C(C[C@H]1CC[C@H]2[C@@H](COC[C@@H](O)CN2Cc2ccc(F)cc2)O1)NCc1ccncn1. The predicted octanol–water partition coefficient (Wildman–Crippen LogP) is 1.43. The molecule has 0 radical (unpaired) electrons. The Hall–Kier alpha value is -2.46. The second-order valence-corrected chi connectivity index (χ2v) is 8.37. The minimum absolute atomic E-state index is 0.0512. The van der Waals surface area contributed by atoms with Gasteiger partial charge in [-0.25, -0.2) is 14.4 Å². The molecule has 0 spiro atoms. The van der Waals surface area contributed by atoms with Crippen LogP contribution in [-0.4, -0.2) is 70.0 Å². The Morgan fingerprint density at radius 3 is 2.84 bits per heavy atom. The van der Waals surface area contributed by atoms with Gasteiger partial charge in [0.25, 0.3) is 0 Å². The molecule has 9 heteroatoms. The summed E-state index contributed by atoms with van der Waals surface area (Å²) in [6.07, 6.45) is 3.94. The normalized spacial score (nSPS) is 26.6. The van der Waals surface area contributed by atoms with E-state index in [1.165, 1.54) is 18.5 Å². The Kier molecular flexibility index (Phi) is 7.75. The van der Waals surface area contributed by atoms with E-state index in [2.05, 4.69) is 20.2 Å². The molecule has 0 unspecified atom stereocenters. The van der Waals surface area contributed by atoms with Crippen LogP contribution in [0.4, 0.5) is 4.39 Å². The van der Waals surface area contributed by atoms with Gasteiger partial charge in [0.05, 0.1) is 50.2 Å². The fraction of sp³-hybridized carbons (Fsp3) is 0.522. The number of aliphatic hydroxyl groups is 1. The lowest BCUT2D eigenvalue weighted by atomic mass is 9.94. The van der Waals surface area contributed by atoms with Crippen LogP contribution < -0.4 is 5.32 Å².